The van der Waals surface area contributed by atoms with Crippen LogP contribution < -0.4 is 5.32 Å². The molecule has 0 aliphatic heterocycles. The van der Waals surface area contributed by atoms with Crippen LogP contribution in [0.3, 0.4) is 0 Å². The molecule has 2 aromatic rings. The molecule has 2 rings (SSSR count). The van der Waals surface area contributed by atoms with Crippen LogP contribution >= 0.6 is 15.9 Å². The molecule has 4 heteroatoms. The summed E-state index contributed by atoms with van der Waals surface area (Å²) in [5, 5.41) is 2.86. The number of amides is 1. The van der Waals surface area contributed by atoms with Crippen LogP contribution in [0, 0.1) is 12.7 Å². The molecule has 1 amide bonds. The number of benzene rings is 2. The van der Waals surface area contributed by atoms with E-state index in [9.17, 15) is 9.18 Å². The highest BCUT2D eigenvalue weighted by Gasteiger charge is 2.06. The predicted octanol–water partition coefficient (Wildman–Crippen LogP) is 3.87. The number of hydrogen-bond acceptors (Lipinski definition) is 1. The first kappa shape index (κ1) is 14.7. The largest absolute Gasteiger partial charge is 0.352 e. The average molecular weight is 336 g/mol. The van der Waals surface area contributed by atoms with Gasteiger partial charge in [0.2, 0.25) is 0 Å². The molecule has 0 bridgehead atoms. The van der Waals surface area contributed by atoms with Crippen molar-refractivity contribution in [2.75, 3.05) is 6.54 Å². The second kappa shape index (κ2) is 6.66. The molecule has 0 atom stereocenters. The van der Waals surface area contributed by atoms with Crippen LogP contribution in [-0.2, 0) is 6.42 Å². The summed E-state index contributed by atoms with van der Waals surface area (Å²) in [7, 11) is 0. The Morgan fingerprint density at radius 3 is 2.55 bits per heavy atom. The van der Waals surface area contributed by atoms with Crippen molar-refractivity contribution < 1.29 is 9.18 Å². The minimum atomic E-state index is -0.248. The number of nitrogens with one attached hydrogen (secondary N) is 1. The second-order valence-electron chi connectivity index (χ2n) is 4.65. The average Bonchev–Trinajstić information content (AvgIpc) is 2.40. The molecule has 0 saturated carbocycles. The van der Waals surface area contributed by atoms with Gasteiger partial charge in [-0.2, -0.15) is 0 Å². The summed E-state index contributed by atoms with van der Waals surface area (Å²) in [6, 6.07) is 11.9. The lowest BCUT2D eigenvalue weighted by molar-refractivity contribution is 0.0954. The molecule has 0 aromatic heterocycles. The SMILES string of the molecule is Cc1cc(Br)cc(C(=O)NCCc2ccc(F)cc2)c1. The van der Waals surface area contributed by atoms with Crippen molar-refractivity contribution in [1.29, 1.82) is 0 Å². The third-order valence-electron chi connectivity index (χ3n) is 2.92. The summed E-state index contributed by atoms with van der Waals surface area (Å²) in [4.78, 5) is 12.0. The molecular formula is C16H15BrFNO. The zero-order valence-corrected chi connectivity index (χ0v) is 12.7. The van der Waals surface area contributed by atoms with Crippen LogP contribution in [0.15, 0.2) is 46.9 Å². The van der Waals surface area contributed by atoms with E-state index in [-0.39, 0.29) is 11.7 Å². The van der Waals surface area contributed by atoms with E-state index in [2.05, 4.69) is 21.2 Å². The molecule has 1 N–H and O–H groups in total. The van der Waals surface area contributed by atoms with Crippen molar-refractivity contribution in [1.82, 2.24) is 5.32 Å². The van der Waals surface area contributed by atoms with Gasteiger partial charge in [-0.25, -0.2) is 4.39 Å². The minimum absolute atomic E-state index is 0.100. The first-order chi connectivity index (χ1) is 9.54. The summed E-state index contributed by atoms with van der Waals surface area (Å²) >= 11 is 3.38. The molecular weight excluding hydrogens is 321 g/mol. The summed E-state index contributed by atoms with van der Waals surface area (Å²) < 4.78 is 13.6. The summed E-state index contributed by atoms with van der Waals surface area (Å²) in [5.74, 6) is -0.348. The van der Waals surface area contributed by atoms with Gasteiger partial charge in [0.1, 0.15) is 5.82 Å². The van der Waals surface area contributed by atoms with Crippen molar-refractivity contribution in [2.24, 2.45) is 0 Å². The smallest absolute Gasteiger partial charge is 0.251 e. The number of carbonyl (C=O) groups is 1. The zero-order valence-electron chi connectivity index (χ0n) is 11.1. The Morgan fingerprint density at radius 1 is 1.20 bits per heavy atom. The van der Waals surface area contributed by atoms with Crippen LogP contribution in [0.1, 0.15) is 21.5 Å². The second-order valence-corrected chi connectivity index (χ2v) is 5.57. The lowest BCUT2D eigenvalue weighted by Gasteiger charge is -2.07. The molecule has 104 valence electrons. The Balaban J connectivity index is 1.90. The van der Waals surface area contributed by atoms with Crippen LogP contribution in [-0.4, -0.2) is 12.5 Å². The van der Waals surface area contributed by atoms with Crippen molar-refractivity contribution in [2.45, 2.75) is 13.3 Å². The number of halogens is 2. The number of aryl methyl sites for hydroxylation is 1. The van der Waals surface area contributed by atoms with Gasteiger partial charge in [0, 0.05) is 16.6 Å². The molecule has 0 aliphatic carbocycles. The molecule has 0 aliphatic rings. The number of hydrogen-bond donors (Lipinski definition) is 1. The van der Waals surface area contributed by atoms with Crippen LogP contribution in [0.25, 0.3) is 0 Å². The summed E-state index contributed by atoms with van der Waals surface area (Å²) in [5.41, 5.74) is 2.66. The maximum absolute atomic E-state index is 12.8. The van der Waals surface area contributed by atoms with E-state index in [0.717, 1.165) is 15.6 Å². The first-order valence-electron chi connectivity index (χ1n) is 6.34. The van der Waals surface area contributed by atoms with Crippen molar-refractivity contribution >= 4 is 21.8 Å². The standard InChI is InChI=1S/C16H15BrFNO/c1-11-8-13(10-14(17)9-11)16(20)19-7-6-12-2-4-15(18)5-3-12/h2-5,8-10H,6-7H2,1H3,(H,19,20). The van der Waals surface area contributed by atoms with Gasteiger partial charge in [0.15, 0.2) is 0 Å². The van der Waals surface area contributed by atoms with E-state index in [1.54, 1.807) is 18.2 Å². The maximum atomic E-state index is 12.8. The van der Waals surface area contributed by atoms with E-state index in [4.69, 9.17) is 0 Å². The Morgan fingerprint density at radius 2 is 1.90 bits per heavy atom. The van der Waals surface area contributed by atoms with E-state index in [0.29, 0.717) is 18.5 Å². The third-order valence-corrected chi connectivity index (χ3v) is 3.37. The minimum Gasteiger partial charge on any atom is -0.352 e. The fourth-order valence-corrected chi connectivity index (χ4v) is 2.55. The predicted molar refractivity (Wildman–Crippen MR) is 81.3 cm³/mol. The monoisotopic (exact) mass is 335 g/mol. The Labute approximate surface area is 126 Å². The highest BCUT2D eigenvalue weighted by Crippen LogP contribution is 2.15. The molecule has 0 unspecified atom stereocenters. The Kier molecular flexibility index (Phi) is 4.90. The lowest BCUT2D eigenvalue weighted by Crippen LogP contribution is -2.25. The highest BCUT2D eigenvalue weighted by molar-refractivity contribution is 9.10. The van der Waals surface area contributed by atoms with Crippen molar-refractivity contribution in [3.63, 3.8) is 0 Å². The summed E-state index contributed by atoms with van der Waals surface area (Å²) in [6.07, 6.45) is 0.680. The van der Waals surface area contributed by atoms with Gasteiger partial charge in [0.25, 0.3) is 5.91 Å². The zero-order chi connectivity index (χ0) is 14.5. The fourth-order valence-electron chi connectivity index (χ4n) is 1.94. The van der Waals surface area contributed by atoms with Gasteiger partial charge < -0.3 is 5.32 Å². The Hall–Kier alpha value is -1.68. The first-order valence-corrected chi connectivity index (χ1v) is 7.14. The molecule has 0 heterocycles. The summed E-state index contributed by atoms with van der Waals surface area (Å²) in [6.45, 7) is 2.47. The van der Waals surface area contributed by atoms with E-state index < -0.39 is 0 Å². The number of carbonyl (C=O) groups excluding carboxylic acids is 1. The van der Waals surface area contributed by atoms with Gasteiger partial charge in [-0.3, -0.25) is 4.79 Å². The normalized spacial score (nSPS) is 10.3. The molecule has 0 spiro atoms. The van der Waals surface area contributed by atoms with Crippen LogP contribution in [0.2, 0.25) is 0 Å². The van der Waals surface area contributed by atoms with E-state index in [1.165, 1.54) is 12.1 Å². The van der Waals surface area contributed by atoms with Crippen LogP contribution in [0.5, 0.6) is 0 Å². The molecule has 2 nitrogen and oxygen atoms in total. The molecule has 2 aromatic carbocycles. The van der Waals surface area contributed by atoms with Crippen molar-refractivity contribution in [3.05, 3.63) is 69.4 Å². The number of rotatable bonds is 4. The quantitative estimate of drug-likeness (QED) is 0.902. The van der Waals surface area contributed by atoms with Crippen LogP contribution in [0.4, 0.5) is 4.39 Å². The lowest BCUT2D eigenvalue weighted by atomic mass is 10.1. The molecule has 0 fully saturated rings. The Bertz CT molecular complexity index is 590. The topological polar surface area (TPSA) is 29.1 Å². The van der Waals surface area contributed by atoms with Crippen molar-refractivity contribution in [3.8, 4) is 0 Å². The van der Waals surface area contributed by atoms with E-state index in [1.807, 2.05) is 19.1 Å². The molecule has 0 radical (unpaired) electrons. The van der Waals surface area contributed by atoms with Gasteiger partial charge in [-0.05, 0) is 54.8 Å². The third kappa shape index (κ3) is 4.17. The molecule has 20 heavy (non-hydrogen) atoms. The van der Waals surface area contributed by atoms with Gasteiger partial charge >= 0.3 is 0 Å². The highest BCUT2D eigenvalue weighted by atomic mass is 79.9. The van der Waals surface area contributed by atoms with Gasteiger partial charge in [0.05, 0.1) is 0 Å². The van der Waals surface area contributed by atoms with Gasteiger partial charge in [-0.1, -0.05) is 28.1 Å². The fraction of sp³-hybridized carbons (Fsp3) is 0.188. The van der Waals surface area contributed by atoms with E-state index >= 15 is 0 Å². The molecule has 0 saturated heterocycles. The van der Waals surface area contributed by atoms with Gasteiger partial charge in [-0.15, -0.1) is 0 Å². The maximum Gasteiger partial charge on any atom is 0.251 e.